The van der Waals surface area contributed by atoms with Crippen molar-refractivity contribution >= 4 is 15.9 Å². The maximum atomic E-state index is 13.6. The van der Waals surface area contributed by atoms with Crippen LogP contribution in [0.1, 0.15) is 25.1 Å². The molecule has 26 heavy (non-hydrogen) atoms. The van der Waals surface area contributed by atoms with Crippen molar-refractivity contribution in [3.63, 3.8) is 0 Å². The van der Waals surface area contributed by atoms with Crippen LogP contribution in [0.4, 0.5) is 13.2 Å². The van der Waals surface area contributed by atoms with Gasteiger partial charge in [-0.3, -0.25) is 4.68 Å². The summed E-state index contributed by atoms with van der Waals surface area (Å²) in [5.74, 6) is 0. The fourth-order valence-corrected chi connectivity index (χ4v) is 3.29. The highest BCUT2D eigenvalue weighted by Crippen LogP contribution is 2.35. The summed E-state index contributed by atoms with van der Waals surface area (Å²) in [7, 11) is 0. The zero-order valence-electron chi connectivity index (χ0n) is 14.4. The van der Waals surface area contributed by atoms with Crippen molar-refractivity contribution in [2.45, 2.75) is 32.0 Å². The number of benzene rings is 2. The monoisotopic (exact) mass is 422 g/mol. The van der Waals surface area contributed by atoms with Crippen LogP contribution in [-0.4, -0.2) is 9.78 Å². The van der Waals surface area contributed by atoms with Gasteiger partial charge in [-0.15, -0.1) is 0 Å². The molecule has 0 saturated carbocycles. The van der Waals surface area contributed by atoms with Gasteiger partial charge in [-0.2, -0.15) is 18.3 Å². The summed E-state index contributed by atoms with van der Waals surface area (Å²) in [4.78, 5) is 0. The van der Waals surface area contributed by atoms with Crippen LogP contribution in [0.5, 0.6) is 0 Å². The molecule has 0 radical (unpaired) electrons. The van der Waals surface area contributed by atoms with Crippen molar-refractivity contribution in [3.8, 4) is 11.3 Å². The van der Waals surface area contributed by atoms with Gasteiger partial charge >= 0.3 is 6.18 Å². The minimum absolute atomic E-state index is 0.116. The second-order valence-corrected chi connectivity index (χ2v) is 7.75. The third kappa shape index (κ3) is 4.01. The largest absolute Gasteiger partial charge is 0.433 e. The Morgan fingerprint density at radius 2 is 1.65 bits per heavy atom. The van der Waals surface area contributed by atoms with Gasteiger partial charge in [0.05, 0.1) is 12.2 Å². The van der Waals surface area contributed by atoms with E-state index in [0.717, 1.165) is 20.8 Å². The molecule has 2 nitrogen and oxygen atoms in total. The summed E-state index contributed by atoms with van der Waals surface area (Å²) in [6.07, 6.45) is -4.46. The van der Waals surface area contributed by atoms with Crippen molar-refractivity contribution in [2.75, 3.05) is 0 Å². The van der Waals surface area contributed by atoms with Crippen LogP contribution in [0, 0.1) is 0 Å². The van der Waals surface area contributed by atoms with E-state index in [4.69, 9.17) is 0 Å². The van der Waals surface area contributed by atoms with Crippen LogP contribution in [-0.2, 0) is 18.1 Å². The first-order chi connectivity index (χ1) is 12.2. The molecule has 6 heteroatoms. The van der Waals surface area contributed by atoms with Crippen molar-refractivity contribution < 1.29 is 13.2 Å². The molecule has 0 saturated heterocycles. The highest BCUT2D eigenvalue weighted by atomic mass is 79.9. The van der Waals surface area contributed by atoms with Gasteiger partial charge in [0.1, 0.15) is 5.69 Å². The first-order valence-electron chi connectivity index (χ1n) is 8.13. The molecule has 0 amide bonds. The van der Waals surface area contributed by atoms with Gasteiger partial charge in [0.15, 0.2) is 0 Å². The molecule has 2 aromatic carbocycles. The zero-order valence-corrected chi connectivity index (χ0v) is 16.0. The molecule has 0 aliphatic heterocycles. The van der Waals surface area contributed by atoms with E-state index < -0.39 is 17.3 Å². The van der Waals surface area contributed by atoms with Crippen LogP contribution in [0.2, 0.25) is 0 Å². The highest BCUT2D eigenvalue weighted by Gasteiger charge is 2.37. The van der Waals surface area contributed by atoms with Crippen LogP contribution >= 0.6 is 15.9 Å². The average molecular weight is 423 g/mol. The summed E-state index contributed by atoms with van der Waals surface area (Å²) >= 11 is 3.42. The van der Waals surface area contributed by atoms with E-state index in [2.05, 4.69) is 21.0 Å². The maximum absolute atomic E-state index is 13.6. The number of aromatic nitrogens is 2. The molecule has 1 heterocycles. The van der Waals surface area contributed by atoms with Gasteiger partial charge in [-0.25, -0.2) is 0 Å². The summed E-state index contributed by atoms with van der Waals surface area (Å²) in [6, 6.07) is 17.6. The fraction of sp³-hybridized carbons (Fsp3) is 0.250. The molecular weight excluding hydrogens is 405 g/mol. The van der Waals surface area contributed by atoms with Gasteiger partial charge in [0, 0.05) is 15.5 Å². The topological polar surface area (TPSA) is 17.8 Å². The van der Waals surface area contributed by atoms with Crippen molar-refractivity contribution in [1.29, 1.82) is 0 Å². The first-order valence-corrected chi connectivity index (χ1v) is 8.93. The van der Waals surface area contributed by atoms with E-state index in [1.54, 1.807) is 24.3 Å². The summed E-state index contributed by atoms with van der Waals surface area (Å²) in [5, 5.41) is 4.26. The number of rotatable bonds is 4. The van der Waals surface area contributed by atoms with Gasteiger partial charge in [-0.1, -0.05) is 72.2 Å². The normalized spacial score (nSPS) is 12.4. The molecule has 3 aromatic rings. The summed E-state index contributed by atoms with van der Waals surface area (Å²) in [5.41, 5.74) is 0.667. The highest BCUT2D eigenvalue weighted by molar-refractivity contribution is 9.10. The molecule has 0 aliphatic carbocycles. The molecule has 0 unspecified atom stereocenters. The summed E-state index contributed by atoms with van der Waals surface area (Å²) in [6.45, 7) is 3.95. The van der Waals surface area contributed by atoms with Crippen LogP contribution in [0.15, 0.2) is 65.1 Å². The quantitative estimate of drug-likeness (QED) is 0.481. The molecule has 3 rings (SSSR count). The van der Waals surface area contributed by atoms with Crippen molar-refractivity contribution in [3.05, 3.63) is 76.4 Å². The molecule has 0 spiro atoms. The Balaban J connectivity index is 2.02. The maximum Gasteiger partial charge on any atom is 0.433 e. The lowest BCUT2D eigenvalue weighted by atomic mass is 9.84. The molecule has 0 bridgehead atoms. The van der Waals surface area contributed by atoms with Gasteiger partial charge in [-0.05, 0) is 23.8 Å². The van der Waals surface area contributed by atoms with Gasteiger partial charge < -0.3 is 0 Å². The molecular formula is C20H18BrF3N2. The average Bonchev–Trinajstić information content (AvgIpc) is 2.99. The Hall–Kier alpha value is -2.08. The van der Waals surface area contributed by atoms with E-state index in [9.17, 15) is 13.2 Å². The Kier molecular flexibility index (Phi) is 4.97. The lowest BCUT2D eigenvalue weighted by Gasteiger charge is -2.26. The third-order valence-corrected chi connectivity index (χ3v) is 4.78. The van der Waals surface area contributed by atoms with Crippen LogP contribution in [0.25, 0.3) is 11.3 Å². The predicted molar refractivity (Wildman–Crippen MR) is 99.8 cm³/mol. The van der Waals surface area contributed by atoms with Crippen molar-refractivity contribution in [1.82, 2.24) is 9.78 Å². The van der Waals surface area contributed by atoms with Crippen LogP contribution in [0.3, 0.4) is 0 Å². The fourth-order valence-electron chi connectivity index (χ4n) is 2.89. The van der Waals surface area contributed by atoms with E-state index in [1.165, 1.54) is 0 Å². The second-order valence-electron chi connectivity index (χ2n) is 6.83. The molecule has 0 atom stereocenters. The molecule has 0 N–H and O–H groups in total. The Morgan fingerprint density at radius 1 is 0.962 bits per heavy atom. The summed E-state index contributed by atoms with van der Waals surface area (Å²) < 4.78 is 42.6. The lowest BCUT2D eigenvalue weighted by molar-refractivity contribution is -0.144. The Morgan fingerprint density at radius 3 is 2.27 bits per heavy atom. The van der Waals surface area contributed by atoms with Gasteiger partial charge in [0.2, 0.25) is 0 Å². The number of hydrogen-bond donors (Lipinski definition) is 0. The van der Waals surface area contributed by atoms with E-state index in [1.807, 2.05) is 44.2 Å². The van der Waals surface area contributed by atoms with E-state index >= 15 is 0 Å². The zero-order chi connectivity index (χ0) is 18.9. The van der Waals surface area contributed by atoms with Gasteiger partial charge in [0.25, 0.3) is 0 Å². The minimum atomic E-state index is -4.46. The first kappa shape index (κ1) is 18.7. The standard InChI is InChI=1S/C20H18BrF3N2/c1-19(2,15-9-6-10-16(21)11-15)13-26-18(20(22,23)24)12-17(25-26)14-7-4-3-5-8-14/h3-12H,13H2,1-2H3. The Bertz CT molecular complexity index is 899. The number of nitrogens with zero attached hydrogens (tertiary/aromatic N) is 2. The predicted octanol–water partition coefficient (Wildman–Crippen LogP) is 6.31. The van der Waals surface area contributed by atoms with Crippen LogP contribution < -0.4 is 0 Å². The van der Waals surface area contributed by atoms with E-state index in [-0.39, 0.29) is 6.54 Å². The molecule has 1 aromatic heterocycles. The number of alkyl halides is 3. The molecule has 0 aliphatic rings. The second kappa shape index (κ2) is 6.91. The SMILES string of the molecule is CC(C)(Cn1nc(-c2ccccc2)cc1C(F)(F)F)c1cccc(Br)c1. The number of hydrogen-bond acceptors (Lipinski definition) is 1. The smallest absolute Gasteiger partial charge is 0.259 e. The third-order valence-electron chi connectivity index (χ3n) is 4.29. The lowest BCUT2D eigenvalue weighted by Crippen LogP contribution is -2.28. The Labute approximate surface area is 158 Å². The minimum Gasteiger partial charge on any atom is -0.259 e. The van der Waals surface area contributed by atoms with E-state index in [0.29, 0.717) is 11.3 Å². The molecule has 0 fully saturated rings. The molecule has 136 valence electrons. The number of halogens is 4. The van der Waals surface area contributed by atoms with Crippen molar-refractivity contribution in [2.24, 2.45) is 0 Å².